The number of amides is 2. The van der Waals surface area contributed by atoms with Crippen LogP contribution in [-0.4, -0.2) is 123 Å². The van der Waals surface area contributed by atoms with Crippen LogP contribution >= 0.6 is 0 Å². The number of nitrogens with zero attached hydrogens (tertiary/aromatic N) is 6. The van der Waals surface area contributed by atoms with Crippen molar-refractivity contribution < 1.29 is 28.6 Å². The molecule has 1 unspecified atom stereocenters. The number of esters is 1. The zero-order valence-electron chi connectivity index (χ0n) is 28.0. The van der Waals surface area contributed by atoms with E-state index in [1.165, 1.54) is 16.5 Å². The standard InChI is InChI=1S/C36H46N6O6/c1-3-46-35(44)34(48-36(45)41-22-18-38(2)19-23-41)42-32(43)16-14-28-13-15-31(37-33(28)42)47-26-7-6-17-39-20-24-40(25-21-39)30-12-8-10-27-9-4-5-11-29(27)30/h4-5,8-13,15,34H,3,6-7,14,16-26H2,1-2H3. The summed E-state index contributed by atoms with van der Waals surface area (Å²) in [5.41, 5.74) is 2.08. The van der Waals surface area contributed by atoms with Gasteiger partial charge < -0.3 is 28.9 Å². The molecule has 2 saturated heterocycles. The SMILES string of the molecule is CCOC(=O)C(OC(=O)N1CCN(C)CC1)N1C(=O)CCc2ccc(OCCCCN3CCN(c4cccc5ccccc45)CC3)nc21. The Bertz CT molecular complexity index is 1580. The molecule has 4 heterocycles. The Morgan fingerprint density at radius 2 is 1.65 bits per heavy atom. The molecule has 3 aliphatic rings. The van der Waals surface area contributed by atoms with Crippen LogP contribution in [-0.2, 0) is 25.5 Å². The van der Waals surface area contributed by atoms with E-state index in [1.807, 2.05) is 13.1 Å². The number of unbranched alkanes of at least 4 members (excludes halogenated alkanes) is 1. The fraction of sp³-hybridized carbons (Fsp3) is 0.500. The molecule has 0 aliphatic carbocycles. The summed E-state index contributed by atoms with van der Waals surface area (Å²) in [4.78, 5) is 53.8. The number of aryl methyl sites for hydroxylation is 1. The van der Waals surface area contributed by atoms with Gasteiger partial charge in [0.25, 0.3) is 6.23 Å². The highest BCUT2D eigenvalue weighted by molar-refractivity contribution is 6.01. The Morgan fingerprint density at radius 3 is 2.44 bits per heavy atom. The van der Waals surface area contributed by atoms with E-state index in [-0.39, 0.29) is 24.8 Å². The van der Waals surface area contributed by atoms with Gasteiger partial charge in [-0.15, -0.1) is 0 Å². The van der Waals surface area contributed by atoms with Crippen LogP contribution in [0.15, 0.2) is 54.6 Å². The molecule has 0 radical (unpaired) electrons. The lowest BCUT2D eigenvalue weighted by atomic mass is 10.0. The average Bonchev–Trinajstić information content (AvgIpc) is 3.11. The van der Waals surface area contributed by atoms with E-state index in [0.717, 1.165) is 56.0 Å². The second-order valence-electron chi connectivity index (χ2n) is 12.6. The number of pyridine rings is 1. The maximum Gasteiger partial charge on any atom is 0.412 e. The smallest absolute Gasteiger partial charge is 0.412 e. The molecule has 3 aliphatic heterocycles. The molecule has 48 heavy (non-hydrogen) atoms. The molecule has 2 fully saturated rings. The fourth-order valence-electron chi connectivity index (χ4n) is 6.56. The monoisotopic (exact) mass is 658 g/mol. The van der Waals surface area contributed by atoms with Crippen molar-refractivity contribution in [3.63, 3.8) is 0 Å². The van der Waals surface area contributed by atoms with E-state index < -0.39 is 18.3 Å². The van der Waals surface area contributed by atoms with Crippen LogP contribution in [0.3, 0.4) is 0 Å². The van der Waals surface area contributed by atoms with Crippen molar-refractivity contribution in [1.29, 1.82) is 0 Å². The third kappa shape index (κ3) is 7.82. The van der Waals surface area contributed by atoms with Gasteiger partial charge in [0.15, 0.2) is 0 Å². The Labute approximate surface area is 282 Å². The van der Waals surface area contributed by atoms with Crippen LogP contribution in [0.4, 0.5) is 16.3 Å². The molecule has 0 spiro atoms. The second kappa shape index (κ2) is 15.7. The van der Waals surface area contributed by atoms with Crippen molar-refractivity contribution in [2.24, 2.45) is 0 Å². The van der Waals surface area contributed by atoms with E-state index in [1.54, 1.807) is 17.9 Å². The van der Waals surface area contributed by atoms with Crippen molar-refractivity contribution >= 4 is 40.2 Å². The summed E-state index contributed by atoms with van der Waals surface area (Å²) >= 11 is 0. The zero-order chi connectivity index (χ0) is 33.5. The number of hydrogen-bond acceptors (Lipinski definition) is 10. The summed E-state index contributed by atoms with van der Waals surface area (Å²) in [5, 5.41) is 2.57. The topological polar surface area (TPSA) is 108 Å². The van der Waals surface area contributed by atoms with Crippen LogP contribution in [0.2, 0.25) is 0 Å². The van der Waals surface area contributed by atoms with E-state index in [9.17, 15) is 14.4 Å². The molecule has 2 aromatic carbocycles. The first-order valence-corrected chi connectivity index (χ1v) is 17.1. The Kier molecular flexibility index (Phi) is 10.9. The lowest BCUT2D eigenvalue weighted by Crippen LogP contribution is -2.54. The molecule has 0 N–H and O–H groups in total. The quantitative estimate of drug-likeness (QED) is 0.223. The van der Waals surface area contributed by atoms with Crippen LogP contribution in [0, 0.1) is 0 Å². The molecule has 0 bridgehead atoms. The molecule has 1 atom stereocenters. The Balaban J connectivity index is 1.02. The van der Waals surface area contributed by atoms with Gasteiger partial charge in [0, 0.05) is 75.9 Å². The fourth-order valence-corrected chi connectivity index (χ4v) is 6.56. The summed E-state index contributed by atoms with van der Waals surface area (Å²) in [5.74, 6) is -0.564. The highest BCUT2D eigenvalue weighted by atomic mass is 16.6. The molecule has 12 nitrogen and oxygen atoms in total. The van der Waals surface area contributed by atoms with Gasteiger partial charge in [0.2, 0.25) is 11.8 Å². The summed E-state index contributed by atoms with van der Waals surface area (Å²) in [6.45, 7) is 9.54. The maximum atomic E-state index is 13.2. The first-order valence-electron chi connectivity index (χ1n) is 17.1. The summed E-state index contributed by atoms with van der Waals surface area (Å²) in [6.07, 6.45) is 0.215. The van der Waals surface area contributed by atoms with Gasteiger partial charge in [-0.05, 0) is 62.9 Å². The normalized spacial score (nSPS) is 18.0. The largest absolute Gasteiger partial charge is 0.478 e. The minimum atomic E-state index is -1.58. The predicted octanol–water partition coefficient (Wildman–Crippen LogP) is 3.77. The van der Waals surface area contributed by atoms with E-state index >= 15 is 0 Å². The zero-order valence-corrected chi connectivity index (χ0v) is 28.0. The number of piperazine rings is 2. The molecule has 6 rings (SSSR count). The average molecular weight is 659 g/mol. The minimum Gasteiger partial charge on any atom is -0.478 e. The molecule has 2 amide bonds. The number of rotatable bonds is 11. The van der Waals surface area contributed by atoms with Crippen LogP contribution in [0.5, 0.6) is 5.88 Å². The first-order chi connectivity index (χ1) is 23.4. The Hall–Kier alpha value is -4.42. The van der Waals surface area contributed by atoms with Gasteiger partial charge in [0.05, 0.1) is 13.2 Å². The van der Waals surface area contributed by atoms with Crippen LogP contribution in [0.1, 0.15) is 31.7 Å². The number of ether oxygens (including phenoxy) is 3. The van der Waals surface area contributed by atoms with Gasteiger partial charge in [-0.3, -0.25) is 9.69 Å². The van der Waals surface area contributed by atoms with Crippen LogP contribution in [0.25, 0.3) is 10.8 Å². The number of fused-ring (bicyclic) bond motifs is 2. The number of hydrogen-bond donors (Lipinski definition) is 0. The van der Waals surface area contributed by atoms with Gasteiger partial charge in [-0.25, -0.2) is 14.5 Å². The van der Waals surface area contributed by atoms with Gasteiger partial charge >= 0.3 is 12.1 Å². The van der Waals surface area contributed by atoms with E-state index in [0.29, 0.717) is 45.1 Å². The number of anilines is 2. The lowest BCUT2D eigenvalue weighted by molar-refractivity contribution is -0.155. The molecule has 3 aromatic rings. The Morgan fingerprint density at radius 1 is 0.875 bits per heavy atom. The van der Waals surface area contributed by atoms with Crippen molar-refractivity contribution in [1.82, 2.24) is 19.7 Å². The first kappa shape index (κ1) is 33.5. The molecule has 12 heteroatoms. The van der Waals surface area contributed by atoms with Crippen molar-refractivity contribution in [3.05, 3.63) is 60.2 Å². The van der Waals surface area contributed by atoms with Crippen molar-refractivity contribution in [2.45, 2.75) is 38.8 Å². The van der Waals surface area contributed by atoms with E-state index in [2.05, 4.69) is 62.1 Å². The van der Waals surface area contributed by atoms with Gasteiger partial charge in [0.1, 0.15) is 5.82 Å². The number of carbonyl (C=O) groups excluding carboxylic acids is 3. The highest BCUT2D eigenvalue weighted by Crippen LogP contribution is 2.31. The van der Waals surface area contributed by atoms with Crippen LogP contribution < -0.4 is 14.5 Å². The second-order valence-corrected chi connectivity index (χ2v) is 12.6. The maximum absolute atomic E-state index is 13.2. The summed E-state index contributed by atoms with van der Waals surface area (Å²) < 4.78 is 16.9. The number of aromatic nitrogens is 1. The van der Waals surface area contributed by atoms with Gasteiger partial charge in [-0.2, -0.15) is 4.98 Å². The molecular formula is C36H46N6O6. The minimum absolute atomic E-state index is 0.0761. The lowest BCUT2D eigenvalue weighted by Gasteiger charge is -2.36. The van der Waals surface area contributed by atoms with Crippen molar-refractivity contribution in [3.8, 4) is 5.88 Å². The third-order valence-electron chi connectivity index (χ3n) is 9.33. The summed E-state index contributed by atoms with van der Waals surface area (Å²) in [7, 11) is 1.98. The summed E-state index contributed by atoms with van der Waals surface area (Å²) in [6, 6.07) is 18.7. The molecule has 1 aromatic heterocycles. The molecule has 256 valence electrons. The van der Waals surface area contributed by atoms with Crippen molar-refractivity contribution in [2.75, 3.05) is 89.0 Å². The molecule has 0 saturated carbocycles. The third-order valence-corrected chi connectivity index (χ3v) is 9.33. The number of likely N-dealkylation sites (N-methyl/N-ethyl adjacent to an activating group) is 1. The van der Waals surface area contributed by atoms with E-state index in [4.69, 9.17) is 14.2 Å². The number of benzene rings is 2. The predicted molar refractivity (Wildman–Crippen MR) is 183 cm³/mol. The molecular weight excluding hydrogens is 612 g/mol. The highest BCUT2D eigenvalue weighted by Gasteiger charge is 2.41. The number of carbonyl (C=O) groups is 3. The van der Waals surface area contributed by atoms with Gasteiger partial charge in [-0.1, -0.05) is 36.4 Å².